The van der Waals surface area contributed by atoms with E-state index in [1.807, 2.05) is 44.2 Å². The summed E-state index contributed by atoms with van der Waals surface area (Å²) in [4.78, 5) is 29.4. The molecule has 0 aliphatic carbocycles. The Bertz CT molecular complexity index is 765. The summed E-state index contributed by atoms with van der Waals surface area (Å²) in [5.41, 5.74) is 3.33. The third kappa shape index (κ3) is 3.73. The Morgan fingerprint density at radius 1 is 0.880 bits per heavy atom. The molecular formula is C21H24N2O2. The molecule has 0 aromatic heterocycles. The van der Waals surface area contributed by atoms with Crippen LogP contribution in [0.2, 0.25) is 0 Å². The fourth-order valence-corrected chi connectivity index (χ4v) is 3.12. The van der Waals surface area contributed by atoms with Crippen molar-refractivity contribution in [3.63, 3.8) is 0 Å². The average Bonchev–Trinajstić information content (AvgIpc) is 2.65. The van der Waals surface area contributed by atoms with Gasteiger partial charge in [0.25, 0.3) is 5.91 Å². The lowest BCUT2D eigenvalue weighted by Gasteiger charge is -2.32. The minimum Gasteiger partial charge on any atom is -0.324 e. The second-order valence-corrected chi connectivity index (χ2v) is 6.61. The van der Waals surface area contributed by atoms with Crippen molar-refractivity contribution >= 4 is 17.6 Å². The smallest absolute Gasteiger partial charge is 0.324 e. The highest BCUT2D eigenvalue weighted by atomic mass is 16.2. The number of urea groups is 1. The predicted octanol–water partition coefficient (Wildman–Crippen LogP) is 4.56. The van der Waals surface area contributed by atoms with Crippen LogP contribution < -0.4 is 4.90 Å². The minimum atomic E-state index is -0.273. The number of likely N-dealkylation sites (tertiary alicyclic amines) is 1. The zero-order valence-corrected chi connectivity index (χ0v) is 14.9. The fourth-order valence-electron chi connectivity index (χ4n) is 3.12. The monoisotopic (exact) mass is 336 g/mol. The first-order valence-electron chi connectivity index (χ1n) is 8.83. The normalized spacial score (nSPS) is 14.2. The number of imide groups is 1. The number of nitrogens with zero attached hydrogens (tertiary/aromatic N) is 2. The molecule has 3 rings (SSSR count). The Kier molecular flexibility index (Phi) is 5.17. The van der Waals surface area contributed by atoms with Gasteiger partial charge in [-0.2, -0.15) is 0 Å². The molecule has 1 fully saturated rings. The van der Waals surface area contributed by atoms with Crippen LogP contribution in [0.15, 0.2) is 48.5 Å². The standard InChI is InChI=1S/C21H24N2O2/c1-16-11-12-18(15-17(16)2)20(24)23(19-9-5-3-6-10-19)21(25)22-13-7-4-8-14-22/h3,5-6,9-12,15H,4,7-8,13-14H2,1-2H3. The quantitative estimate of drug-likeness (QED) is 0.807. The third-order valence-electron chi connectivity index (χ3n) is 4.79. The molecule has 1 heterocycles. The molecule has 4 heteroatoms. The molecule has 0 atom stereocenters. The summed E-state index contributed by atoms with van der Waals surface area (Å²) in [5, 5.41) is 0. The molecule has 0 N–H and O–H groups in total. The maximum atomic E-state index is 13.2. The molecule has 2 aromatic rings. The summed E-state index contributed by atoms with van der Waals surface area (Å²) in [7, 11) is 0. The SMILES string of the molecule is Cc1ccc(C(=O)N(C(=O)N2CCCCC2)c2ccccc2)cc1C. The molecule has 2 aromatic carbocycles. The van der Waals surface area contributed by atoms with E-state index in [-0.39, 0.29) is 11.9 Å². The number of carbonyl (C=O) groups excluding carboxylic acids is 2. The minimum absolute atomic E-state index is 0.228. The number of anilines is 1. The summed E-state index contributed by atoms with van der Waals surface area (Å²) in [6.45, 7) is 5.41. The molecule has 1 saturated heterocycles. The molecule has 25 heavy (non-hydrogen) atoms. The zero-order chi connectivity index (χ0) is 17.8. The molecule has 0 spiro atoms. The molecule has 130 valence electrons. The van der Waals surface area contributed by atoms with Crippen molar-refractivity contribution in [2.75, 3.05) is 18.0 Å². The van der Waals surface area contributed by atoms with E-state index in [1.165, 1.54) is 4.90 Å². The fraction of sp³-hybridized carbons (Fsp3) is 0.333. The summed E-state index contributed by atoms with van der Waals surface area (Å²) >= 11 is 0. The van der Waals surface area contributed by atoms with E-state index >= 15 is 0 Å². The predicted molar refractivity (Wildman–Crippen MR) is 100.0 cm³/mol. The number of amides is 3. The van der Waals surface area contributed by atoms with Crippen LogP contribution in [-0.2, 0) is 0 Å². The molecule has 3 amide bonds. The van der Waals surface area contributed by atoms with Crippen molar-refractivity contribution in [3.8, 4) is 0 Å². The first-order valence-corrected chi connectivity index (χ1v) is 8.83. The molecule has 4 nitrogen and oxygen atoms in total. The number of carbonyl (C=O) groups is 2. The van der Waals surface area contributed by atoms with Gasteiger partial charge in [0.1, 0.15) is 0 Å². The molecule has 0 saturated carbocycles. The first kappa shape index (κ1) is 17.2. The number of hydrogen-bond donors (Lipinski definition) is 0. The Balaban J connectivity index is 1.96. The van der Waals surface area contributed by atoms with E-state index in [9.17, 15) is 9.59 Å². The number of rotatable bonds is 2. The van der Waals surface area contributed by atoms with Crippen LogP contribution in [0, 0.1) is 13.8 Å². The van der Waals surface area contributed by atoms with Crippen LogP contribution in [0.4, 0.5) is 10.5 Å². The largest absolute Gasteiger partial charge is 0.331 e. The van der Waals surface area contributed by atoms with E-state index in [0.717, 1.165) is 30.4 Å². The van der Waals surface area contributed by atoms with Gasteiger partial charge >= 0.3 is 6.03 Å². The Hall–Kier alpha value is -2.62. The van der Waals surface area contributed by atoms with Gasteiger partial charge in [0.2, 0.25) is 0 Å². The first-order chi connectivity index (χ1) is 12.1. The van der Waals surface area contributed by atoms with Crippen molar-refractivity contribution in [1.82, 2.24) is 4.90 Å². The summed E-state index contributed by atoms with van der Waals surface area (Å²) in [5.74, 6) is -0.273. The van der Waals surface area contributed by atoms with Gasteiger partial charge in [-0.1, -0.05) is 24.3 Å². The topological polar surface area (TPSA) is 40.6 Å². The maximum Gasteiger partial charge on any atom is 0.331 e. The Morgan fingerprint density at radius 3 is 2.20 bits per heavy atom. The molecule has 0 unspecified atom stereocenters. The van der Waals surface area contributed by atoms with Gasteiger partial charge in [-0.05, 0) is 68.5 Å². The summed E-state index contributed by atoms with van der Waals surface area (Å²) in [6.07, 6.45) is 3.12. The Labute approximate surface area is 149 Å². The lowest BCUT2D eigenvalue weighted by molar-refractivity contribution is 0.0983. The van der Waals surface area contributed by atoms with E-state index < -0.39 is 0 Å². The van der Waals surface area contributed by atoms with Crippen molar-refractivity contribution in [3.05, 3.63) is 65.2 Å². The van der Waals surface area contributed by atoms with Gasteiger partial charge in [0, 0.05) is 18.7 Å². The number of aryl methyl sites for hydroxylation is 2. The van der Waals surface area contributed by atoms with Gasteiger partial charge in [0.05, 0.1) is 5.69 Å². The zero-order valence-electron chi connectivity index (χ0n) is 14.9. The molecule has 1 aliphatic heterocycles. The lowest BCUT2D eigenvalue weighted by atomic mass is 10.1. The number of para-hydroxylation sites is 1. The average molecular weight is 336 g/mol. The highest BCUT2D eigenvalue weighted by Gasteiger charge is 2.29. The number of hydrogen-bond acceptors (Lipinski definition) is 2. The second kappa shape index (κ2) is 7.51. The van der Waals surface area contributed by atoms with Gasteiger partial charge in [-0.15, -0.1) is 0 Å². The number of piperidine rings is 1. The summed E-state index contributed by atoms with van der Waals surface area (Å²) < 4.78 is 0. The van der Waals surface area contributed by atoms with Crippen LogP contribution in [0.5, 0.6) is 0 Å². The van der Waals surface area contributed by atoms with Gasteiger partial charge < -0.3 is 4.90 Å². The highest BCUT2D eigenvalue weighted by molar-refractivity contribution is 6.20. The van der Waals surface area contributed by atoms with E-state index in [4.69, 9.17) is 0 Å². The van der Waals surface area contributed by atoms with Crippen LogP contribution in [0.25, 0.3) is 0 Å². The van der Waals surface area contributed by atoms with Crippen LogP contribution >= 0.6 is 0 Å². The van der Waals surface area contributed by atoms with Crippen molar-refractivity contribution < 1.29 is 9.59 Å². The van der Waals surface area contributed by atoms with E-state index in [0.29, 0.717) is 24.3 Å². The third-order valence-corrected chi connectivity index (χ3v) is 4.79. The van der Waals surface area contributed by atoms with Crippen LogP contribution in [-0.4, -0.2) is 29.9 Å². The molecule has 0 radical (unpaired) electrons. The molecule has 0 bridgehead atoms. The van der Waals surface area contributed by atoms with Crippen molar-refractivity contribution in [1.29, 1.82) is 0 Å². The summed E-state index contributed by atoms with van der Waals surface area (Å²) in [6, 6.07) is 14.5. The maximum absolute atomic E-state index is 13.2. The van der Waals surface area contributed by atoms with Gasteiger partial charge in [-0.3, -0.25) is 4.79 Å². The molecule has 1 aliphatic rings. The second-order valence-electron chi connectivity index (χ2n) is 6.61. The van der Waals surface area contributed by atoms with Gasteiger partial charge in [0.15, 0.2) is 0 Å². The van der Waals surface area contributed by atoms with Crippen molar-refractivity contribution in [2.24, 2.45) is 0 Å². The lowest BCUT2D eigenvalue weighted by Crippen LogP contribution is -2.48. The molecular weight excluding hydrogens is 312 g/mol. The van der Waals surface area contributed by atoms with Crippen LogP contribution in [0.1, 0.15) is 40.7 Å². The van der Waals surface area contributed by atoms with E-state index in [1.54, 1.807) is 23.1 Å². The number of benzene rings is 2. The van der Waals surface area contributed by atoms with Crippen molar-refractivity contribution in [2.45, 2.75) is 33.1 Å². The van der Waals surface area contributed by atoms with Crippen LogP contribution in [0.3, 0.4) is 0 Å². The Morgan fingerprint density at radius 2 is 1.56 bits per heavy atom. The van der Waals surface area contributed by atoms with Gasteiger partial charge in [-0.25, -0.2) is 9.69 Å². The highest BCUT2D eigenvalue weighted by Crippen LogP contribution is 2.22. The van der Waals surface area contributed by atoms with E-state index in [2.05, 4.69) is 0 Å².